The molecule has 0 radical (unpaired) electrons. The molecule has 0 aliphatic carbocycles. The number of phenols is 1. The van der Waals surface area contributed by atoms with E-state index in [1.807, 2.05) is 29.6 Å². The van der Waals surface area contributed by atoms with Crippen LogP contribution < -0.4 is 10.6 Å². The average molecular weight is 450 g/mol. The molecule has 9 heteroatoms. The molecule has 0 saturated carbocycles. The molecule has 0 bridgehead atoms. The van der Waals surface area contributed by atoms with Gasteiger partial charge in [-0.15, -0.1) is 11.3 Å². The van der Waals surface area contributed by atoms with Crippen molar-refractivity contribution in [3.8, 4) is 17.0 Å². The minimum Gasteiger partial charge on any atom is -0.507 e. The van der Waals surface area contributed by atoms with Crippen LogP contribution in [0.3, 0.4) is 0 Å². The van der Waals surface area contributed by atoms with Crippen molar-refractivity contribution >= 4 is 61.4 Å². The fourth-order valence-corrected chi connectivity index (χ4v) is 3.40. The molecule has 0 amide bonds. The van der Waals surface area contributed by atoms with Gasteiger partial charge in [-0.1, -0.05) is 28.1 Å². The maximum Gasteiger partial charge on any atom is 0.339 e. The number of thiocarbonyl (C=S) groups is 1. The lowest BCUT2D eigenvalue weighted by molar-refractivity contribution is 0.0694. The lowest BCUT2D eigenvalue weighted by atomic mass is 10.2. The van der Waals surface area contributed by atoms with Crippen LogP contribution in [0, 0.1) is 0 Å². The first-order valence-corrected chi connectivity index (χ1v) is 9.36. The molecular formula is C17H12BrN3O3S2. The van der Waals surface area contributed by atoms with Gasteiger partial charge in [0.2, 0.25) is 0 Å². The van der Waals surface area contributed by atoms with Gasteiger partial charge in [0.05, 0.1) is 5.69 Å². The smallest absolute Gasteiger partial charge is 0.339 e. The van der Waals surface area contributed by atoms with Gasteiger partial charge in [-0.2, -0.15) is 0 Å². The number of benzene rings is 2. The van der Waals surface area contributed by atoms with Crippen LogP contribution in [0.1, 0.15) is 10.4 Å². The Kier molecular flexibility index (Phi) is 5.50. The second-order valence-corrected chi connectivity index (χ2v) is 7.34. The summed E-state index contributed by atoms with van der Waals surface area (Å²) in [4.78, 5) is 15.4. The Hall–Kier alpha value is -2.49. The highest BCUT2D eigenvalue weighted by Crippen LogP contribution is 2.26. The molecule has 0 fully saturated rings. The number of carbonyl (C=O) groups is 1. The number of thiazole rings is 1. The van der Waals surface area contributed by atoms with Crippen LogP contribution in [0.15, 0.2) is 52.3 Å². The zero-order chi connectivity index (χ0) is 18.7. The summed E-state index contributed by atoms with van der Waals surface area (Å²) in [6, 6.07) is 11.9. The van der Waals surface area contributed by atoms with Crippen LogP contribution in [0.5, 0.6) is 5.75 Å². The minimum atomic E-state index is -1.20. The van der Waals surface area contributed by atoms with Crippen molar-refractivity contribution in [2.24, 2.45) is 0 Å². The van der Waals surface area contributed by atoms with Crippen LogP contribution in [-0.2, 0) is 0 Å². The monoisotopic (exact) mass is 449 g/mol. The summed E-state index contributed by atoms with van der Waals surface area (Å²) in [6.07, 6.45) is 0. The van der Waals surface area contributed by atoms with E-state index in [1.54, 1.807) is 0 Å². The Bertz CT molecular complexity index is 974. The highest BCUT2D eigenvalue weighted by Gasteiger charge is 2.11. The van der Waals surface area contributed by atoms with Crippen LogP contribution >= 0.6 is 39.5 Å². The molecule has 0 saturated heterocycles. The Labute approximate surface area is 166 Å². The summed E-state index contributed by atoms with van der Waals surface area (Å²) >= 11 is 10.0. The normalized spacial score (nSPS) is 10.3. The summed E-state index contributed by atoms with van der Waals surface area (Å²) in [5.41, 5.74) is 2.12. The van der Waals surface area contributed by atoms with Crippen molar-refractivity contribution in [2.75, 3.05) is 10.6 Å². The van der Waals surface area contributed by atoms with Crippen molar-refractivity contribution in [3.05, 3.63) is 57.9 Å². The molecule has 0 spiro atoms. The van der Waals surface area contributed by atoms with E-state index in [9.17, 15) is 9.90 Å². The van der Waals surface area contributed by atoms with E-state index in [0.29, 0.717) is 10.8 Å². The molecule has 0 atom stereocenters. The van der Waals surface area contributed by atoms with E-state index >= 15 is 0 Å². The van der Waals surface area contributed by atoms with E-state index in [1.165, 1.54) is 29.5 Å². The first kappa shape index (κ1) is 18.3. The van der Waals surface area contributed by atoms with Gasteiger partial charge >= 0.3 is 5.97 Å². The third kappa shape index (κ3) is 4.37. The Morgan fingerprint density at radius 3 is 2.54 bits per heavy atom. The number of aromatic nitrogens is 1. The van der Waals surface area contributed by atoms with E-state index in [2.05, 4.69) is 31.5 Å². The first-order chi connectivity index (χ1) is 12.4. The third-order valence-electron chi connectivity index (χ3n) is 3.35. The molecule has 1 aromatic heterocycles. The van der Waals surface area contributed by atoms with E-state index < -0.39 is 5.97 Å². The number of carboxylic acids is 1. The summed E-state index contributed by atoms with van der Waals surface area (Å²) in [5.74, 6) is -1.53. The highest BCUT2D eigenvalue weighted by molar-refractivity contribution is 9.10. The number of aromatic hydroxyl groups is 1. The average Bonchev–Trinajstić information content (AvgIpc) is 3.03. The Morgan fingerprint density at radius 1 is 1.15 bits per heavy atom. The fraction of sp³-hybridized carbons (Fsp3) is 0. The van der Waals surface area contributed by atoms with Gasteiger partial charge in [0.25, 0.3) is 0 Å². The lowest BCUT2D eigenvalue weighted by Gasteiger charge is -2.09. The molecular weight excluding hydrogens is 438 g/mol. The van der Waals surface area contributed by atoms with Crippen molar-refractivity contribution in [1.29, 1.82) is 0 Å². The van der Waals surface area contributed by atoms with Gasteiger partial charge in [0.15, 0.2) is 10.2 Å². The number of nitrogens with one attached hydrogen (secondary N) is 2. The number of hydrogen-bond acceptors (Lipinski definition) is 5. The molecule has 2 aromatic carbocycles. The largest absolute Gasteiger partial charge is 0.507 e. The second-order valence-electron chi connectivity index (χ2n) is 5.16. The number of carboxylic acid groups (broad SMARTS) is 1. The minimum absolute atomic E-state index is 0.173. The van der Waals surface area contributed by atoms with Gasteiger partial charge in [0, 0.05) is 27.2 Å². The third-order valence-corrected chi connectivity index (χ3v) is 4.84. The second kappa shape index (κ2) is 7.81. The van der Waals surface area contributed by atoms with Gasteiger partial charge in [-0.25, -0.2) is 9.78 Å². The van der Waals surface area contributed by atoms with Crippen LogP contribution in [0.25, 0.3) is 11.3 Å². The Balaban J connectivity index is 1.66. The van der Waals surface area contributed by atoms with Gasteiger partial charge in [-0.05, 0) is 36.5 Å². The molecule has 3 aromatic rings. The van der Waals surface area contributed by atoms with Crippen LogP contribution in [-0.4, -0.2) is 26.3 Å². The summed E-state index contributed by atoms with van der Waals surface area (Å²) < 4.78 is 0.998. The van der Waals surface area contributed by atoms with E-state index in [0.717, 1.165) is 15.7 Å². The van der Waals surface area contributed by atoms with Crippen molar-refractivity contribution < 1.29 is 15.0 Å². The summed E-state index contributed by atoms with van der Waals surface area (Å²) in [5, 5.41) is 27.3. The lowest BCUT2D eigenvalue weighted by Crippen LogP contribution is -2.19. The van der Waals surface area contributed by atoms with Crippen molar-refractivity contribution in [1.82, 2.24) is 4.98 Å². The topological polar surface area (TPSA) is 94.5 Å². The SMILES string of the molecule is O=C(O)c1ccc(NC(=S)Nc2nc(-c3ccc(Br)cc3)cs2)cc1O. The first-order valence-electron chi connectivity index (χ1n) is 7.28. The highest BCUT2D eigenvalue weighted by atomic mass is 79.9. The number of hydrogen-bond donors (Lipinski definition) is 4. The number of aromatic carboxylic acids is 1. The van der Waals surface area contributed by atoms with Crippen molar-refractivity contribution in [3.63, 3.8) is 0 Å². The van der Waals surface area contributed by atoms with Gasteiger partial charge in [0.1, 0.15) is 11.3 Å². The molecule has 132 valence electrons. The molecule has 26 heavy (non-hydrogen) atoms. The van der Waals surface area contributed by atoms with E-state index in [-0.39, 0.29) is 16.4 Å². The molecule has 1 heterocycles. The number of rotatable bonds is 4. The molecule has 0 aliphatic rings. The Morgan fingerprint density at radius 2 is 1.88 bits per heavy atom. The number of nitrogens with zero attached hydrogens (tertiary/aromatic N) is 1. The summed E-state index contributed by atoms with van der Waals surface area (Å²) in [6.45, 7) is 0. The summed E-state index contributed by atoms with van der Waals surface area (Å²) in [7, 11) is 0. The maximum atomic E-state index is 10.9. The standard InChI is InChI=1S/C17H12BrN3O3S2/c18-10-3-1-9(2-4-10)13-8-26-17(20-13)21-16(25)19-11-5-6-12(15(23)24)14(22)7-11/h1-8,22H,(H,23,24)(H2,19,20,21,25). The van der Waals surface area contributed by atoms with Crippen LogP contribution in [0.2, 0.25) is 0 Å². The molecule has 4 N–H and O–H groups in total. The molecule has 0 aliphatic heterocycles. The molecule has 6 nitrogen and oxygen atoms in total. The van der Waals surface area contributed by atoms with E-state index in [4.69, 9.17) is 17.3 Å². The predicted octanol–water partition coefficient (Wildman–Crippen LogP) is 4.79. The van der Waals surface area contributed by atoms with Crippen molar-refractivity contribution in [2.45, 2.75) is 0 Å². The quantitative estimate of drug-likeness (QED) is 0.425. The predicted molar refractivity (Wildman–Crippen MR) is 110 cm³/mol. The fourth-order valence-electron chi connectivity index (χ4n) is 2.13. The zero-order valence-electron chi connectivity index (χ0n) is 13.1. The van der Waals surface area contributed by atoms with Crippen LogP contribution in [0.4, 0.5) is 10.8 Å². The van der Waals surface area contributed by atoms with Gasteiger partial charge in [-0.3, -0.25) is 0 Å². The maximum absolute atomic E-state index is 10.9. The number of anilines is 2. The zero-order valence-corrected chi connectivity index (χ0v) is 16.3. The van der Waals surface area contributed by atoms with Gasteiger partial charge < -0.3 is 20.8 Å². The molecule has 0 unspecified atom stereocenters. The molecule has 3 rings (SSSR count). The number of halogens is 1.